The van der Waals surface area contributed by atoms with Gasteiger partial charge in [0.2, 0.25) is 0 Å². The van der Waals surface area contributed by atoms with Crippen LogP contribution in [0, 0.1) is 13.8 Å². The van der Waals surface area contributed by atoms with Crippen molar-refractivity contribution in [3.63, 3.8) is 0 Å². The van der Waals surface area contributed by atoms with Gasteiger partial charge in [-0.15, -0.1) is 11.3 Å². The summed E-state index contributed by atoms with van der Waals surface area (Å²) in [5.74, 6) is -0.775. The lowest BCUT2D eigenvalue weighted by atomic mass is 10.00. The molecule has 1 N–H and O–H groups in total. The number of fused-ring (bicyclic) bond motifs is 1. The van der Waals surface area contributed by atoms with E-state index in [4.69, 9.17) is 4.74 Å². The van der Waals surface area contributed by atoms with Gasteiger partial charge in [-0.1, -0.05) is 42.5 Å². The van der Waals surface area contributed by atoms with Crippen molar-refractivity contribution in [2.24, 2.45) is 0 Å². The Morgan fingerprint density at radius 3 is 2.58 bits per heavy atom. The molecular formula is C21H21NO3S. The highest BCUT2D eigenvalue weighted by Gasteiger charge is 2.17. The third-order valence-electron chi connectivity index (χ3n) is 4.26. The highest BCUT2D eigenvalue weighted by atomic mass is 32.1. The van der Waals surface area contributed by atoms with Crippen molar-refractivity contribution >= 4 is 34.0 Å². The first-order valence-corrected chi connectivity index (χ1v) is 9.28. The number of carbonyl (C=O) groups is 2. The number of rotatable bonds is 5. The normalized spacial score (nSPS) is 12.0. The lowest BCUT2D eigenvalue weighted by molar-refractivity contribution is -0.124. The number of aryl methyl sites for hydroxylation is 2. The van der Waals surface area contributed by atoms with E-state index in [1.54, 1.807) is 6.07 Å². The predicted molar refractivity (Wildman–Crippen MR) is 105 cm³/mol. The third kappa shape index (κ3) is 3.94. The first-order valence-electron chi connectivity index (χ1n) is 8.47. The van der Waals surface area contributed by atoms with Crippen LogP contribution in [0.2, 0.25) is 0 Å². The van der Waals surface area contributed by atoms with E-state index in [9.17, 15) is 9.59 Å². The minimum absolute atomic E-state index is 0.183. The monoisotopic (exact) mass is 367 g/mol. The number of amides is 1. The van der Waals surface area contributed by atoms with Gasteiger partial charge in [0.1, 0.15) is 0 Å². The molecule has 0 aliphatic carbocycles. The van der Waals surface area contributed by atoms with E-state index in [0.717, 1.165) is 26.1 Å². The molecule has 0 fully saturated rings. The number of hydrogen-bond donors (Lipinski definition) is 1. The summed E-state index contributed by atoms with van der Waals surface area (Å²) in [5, 5.41) is 5.13. The Balaban J connectivity index is 1.62. The third-order valence-corrected chi connectivity index (χ3v) is 5.23. The quantitative estimate of drug-likeness (QED) is 0.673. The smallest absolute Gasteiger partial charge is 0.339 e. The molecule has 2 aromatic carbocycles. The number of carbonyl (C=O) groups excluding carboxylic acids is 2. The van der Waals surface area contributed by atoms with Gasteiger partial charge < -0.3 is 10.1 Å². The molecule has 0 spiro atoms. The zero-order valence-corrected chi connectivity index (χ0v) is 15.9. The number of ether oxygens (including phenoxy) is 1. The molecule has 1 amide bonds. The molecule has 5 heteroatoms. The summed E-state index contributed by atoms with van der Waals surface area (Å²) in [4.78, 5) is 26.3. The van der Waals surface area contributed by atoms with Crippen molar-refractivity contribution in [2.45, 2.75) is 26.8 Å². The van der Waals surface area contributed by atoms with Gasteiger partial charge in [-0.25, -0.2) is 4.79 Å². The van der Waals surface area contributed by atoms with Crippen molar-refractivity contribution in [1.29, 1.82) is 0 Å². The molecule has 0 radical (unpaired) electrons. The van der Waals surface area contributed by atoms with E-state index >= 15 is 0 Å². The SMILES string of the molecule is Cc1cc(C(=O)OCC(=O)N[C@@H](C)c2cccc3ccccc23)c(C)s1. The molecule has 0 bridgehead atoms. The number of hydrogen-bond acceptors (Lipinski definition) is 4. The Morgan fingerprint density at radius 1 is 1.12 bits per heavy atom. The van der Waals surface area contributed by atoms with Crippen molar-refractivity contribution in [1.82, 2.24) is 5.32 Å². The number of nitrogens with one attached hydrogen (secondary N) is 1. The van der Waals surface area contributed by atoms with Crippen LogP contribution in [0.15, 0.2) is 48.5 Å². The first kappa shape index (κ1) is 18.1. The highest BCUT2D eigenvalue weighted by molar-refractivity contribution is 7.12. The minimum atomic E-state index is -0.459. The Morgan fingerprint density at radius 2 is 1.85 bits per heavy atom. The van der Waals surface area contributed by atoms with E-state index in [-0.39, 0.29) is 18.6 Å². The number of thiophene rings is 1. The predicted octanol–water partition coefficient (Wildman–Crippen LogP) is 4.55. The Kier molecular flexibility index (Phi) is 5.38. The summed E-state index contributed by atoms with van der Waals surface area (Å²) in [7, 11) is 0. The second-order valence-electron chi connectivity index (χ2n) is 6.26. The largest absolute Gasteiger partial charge is 0.452 e. The van der Waals surface area contributed by atoms with Crippen LogP contribution in [0.1, 0.15) is 38.6 Å². The first-order chi connectivity index (χ1) is 12.5. The molecule has 1 atom stereocenters. The van der Waals surface area contributed by atoms with Crippen molar-refractivity contribution < 1.29 is 14.3 Å². The topological polar surface area (TPSA) is 55.4 Å². The van der Waals surface area contributed by atoms with Crippen LogP contribution < -0.4 is 5.32 Å². The van der Waals surface area contributed by atoms with Gasteiger partial charge >= 0.3 is 5.97 Å². The highest BCUT2D eigenvalue weighted by Crippen LogP contribution is 2.24. The summed E-state index contributed by atoms with van der Waals surface area (Å²) in [6, 6.07) is 15.7. The van der Waals surface area contributed by atoms with Crippen LogP contribution >= 0.6 is 11.3 Å². The van der Waals surface area contributed by atoms with Crippen molar-refractivity contribution in [2.75, 3.05) is 6.61 Å². The summed E-state index contributed by atoms with van der Waals surface area (Å²) in [5.41, 5.74) is 1.56. The van der Waals surface area contributed by atoms with Gasteiger partial charge in [0.15, 0.2) is 6.61 Å². The van der Waals surface area contributed by atoms with Gasteiger partial charge in [-0.05, 0) is 43.2 Å². The Hall–Kier alpha value is -2.66. The van der Waals surface area contributed by atoms with Crippen LogP contribution in [-0.4, -0.2) is 18.5 Å². The molecular weight excluding hydrogens is 346 g/mol. The molecule has 26 heavy (non-hydrogen) atoms. The second-order valence-corrected chi connectivity index (χ2v) is 7.72. The summed E-state index contributed by atoms with van der Waals surface area (Å²) >= 11 is 1.54. The molecule has 0 unspecified atom stereocenters. The molecule has 134 valence electrons. The maximum atomic E-state index is 12.2. The van der Waals surface area contributed by atoms with Crippen molar-refractivity contribution in [3.05, 3.63) is 69.4 Å². The molecule has 1 heterocycles. The molecule has 0 saturated carbocycles. The summed E-state index contributed by atoms with van der Waals surface area (Å²) < 4.78 is 5.16. The van der Waals surface area contributed by atoms with Crippen molar-refractivity contribution in [3.8, 4) is 0 Å². The van der Waals surface area contributed by atoms with E-state index in [1.165, 1.54) is 11.3 Å². The molecule has 4 nitrogen and oxygen atoms in total. The molecule has 0 aliphatic rings. The van der Waals surface area contributed by atoms with E-state index in [1.807, 2.05) is 63.2 Å². The number of esters is 1. The summed E-state index contributed by atoms with van der Waals surface area (Å²) in [6.07, 6.45) is 0. The molecule has 1 aromatic heterocycles. The van der Waals surface area contributed by atoms with E-state index < -0.39 is 5.97 Å². The van der Waals surface area contributed by atoms with Crippen LogP contribution in [0.25, 0.3) is 10.8 Å². The summed E-state index contributed by atoms with van der Waals surface area (Å²) in [6.45, 7) is 5.44. The fraction of sp³-hybridized carbons (Fsp3) is 0.238. The maximum Gasteiger partial charge on any atom is 0.339 e. The van der Waals surface area contributed by atoms with Crippen LogP contribution in [0.4, 0.5) is 0 Å². The molecule has 3 rings (SSSR count). The van der Waals surface area contributed by atoms with Crippen LogP contribution in [0.5, 0.6) is 0 Å². The van der Waals surface area contributed by atoms with E-state index in [2.05, 4.69) is 5.32 Å². The average Bonchev–Trinajstić information content (AvgIpc) is 2.97. The van der Waals surface area contributed by atoms with Gasteiger partial charge in [0.25, 0.3) is 5.91 Å². The molecule has 0 saturated heterocycles. The molecule has 0 aliphatic heterocycles. The zero-order valence-electron chi connectivity index (χ0n) is 15.0. The fourth-order valence-electron chi connectivity index (χ4n) is 3.03. The minimum Gasteiger partial charge on any atom is -0.452 e. The fourth-order valence-corrected chi connectivity index (χ4v) is 3.94. The molecule has 3 aromatic rings. The Bertz CT molecular complexity index is 956. The van der Waals surface area contributed by atoms with Gasteiger partial charge in [0.05, 0.1) is 11.6 Å². The van der Waals surface area contributed by atoms with Gasteiger partial charge in [0, 0.05) is 9.75 Å². The van der Waals surface area contributed by atoms with Gasteiger partial charge in [-0.3, -0.25) is 4.79 Å². The number of benzene rings is 2. The lowest BCUT2D eigenvalue weighted by Gasteiger charge is -2.16. The Labute approximate surface area is 156 Å². The second kappa shape index (κ2) is 7.70. The van der Waals surface area contributed by atoms with Crippen LogP contribution in [0.3, 0.4) is 0 Å². The maximum absolute atomic E-state index is 12.2. The zero-order chi connectivity index (χ0) is 18.7. The van der Waals surface area contributed by atoms with Crippen LogP contribution in [-0.2, 0) is 9.53 Å². The standard InChI is InChI=1S/C21H21NO3S/c1-13-11-19(15(3)26-13)21(24)25-12-20(23)22-14(2)17-10-6-8-16-7-4-5-9-18(16)17/h4-11,14H,12H2,1-3H3,(H,22,23)/t14-/m0/s1. The van der Waals surface area contributed by atoms with E-state index in [0.29, 0.717) is 5.56 Å². The lowest BCUT2D eigenvalue weighted by Crippen LogP contribution is -2.31. The average molecular weight is 367 g/mol. The van der Waals surface area contributed by atoms with Gasteiger partial charge in [-0.2, -0.15) is 0 Å².